The van der Waals surface area contributed by atoms with Crippen LogP contribution in [0, 0.1) is 24.0 Å². The summed E-state index contributed by atoms with van der Waals surface area (Å²) in [5, 5.41) is 11.9. The average Bonchev–Trinajstić information content (AvgIpc) is 3.16. The number of halogens is 1. The van der Waals surface area contributed by atoms with Gasteiger partial charge in [0.05, 0.1) is 32.3 Å². The number of benzene rings is 3. The molecule has 0 saturated carbocycles. The number of nitrogens with zero attached hydrogens (tertiary/aromatic N) is 3. The van der Waals surface area contributed by atoms with Gasteiger partial charge in [-0.2, -0.15) is 0 Å². The third-order valence-corrected chi connectivity index (χ3v) is 6.42. The fraction of sp³-hybridized carbons (Fsp3) is 0.130. The summed E-state index contributed by atoms with van der Waals surface area (Å²) < 4.78 is 0.997. The minimum Gasteiger partial charge on any atom is -0.279 e. The number of non-ortho nitro benzene ring substituents is 1. The Balaban J connectivity index is 1.84. The lowest BCUT2D eigenvalue weighted by Gasteiger charge is -2.20. The number of carbonyl (C=O) groups excluding carboxylic acids is 1. The molecule has 0 spiro atoms. The number of aryl methyl sites for hydroxylation is 2. The third-order valence-electron chi connectivity index (χ3n) is 4.86. The number of thiazole rings is 1. The maximum Gasteiger partial charge on any atom is 0.270 e. The molecule has 0 aliphatic heterocycles. The van der Waals surface area contributed by atoms with Crippen molar-refractivity contribution in [2.75, 3.05) is 4.90 Å². The number of nitro benzene ring substituents is 1. The van der Waals surface area contributed by atoms with Gasteiger partial charge < -0.3 is 0 Å². The first-order valence-electron chi connectivity index (χ1n) is 9.51. The van der Waals surface area contributed by atoms with Crippen LogP contribution in [-0.2, 0) is 6.54 Å². The van der Waals surface area contributed by atoms with Gasteiger partial charge in [-0.1, -0.05) is 59.3 Å². The molecule has 1 amide bonds. The number of anilines is 1. The van der Waals surface area contributed by atoms with Gasteiger partial charge in [0, 0.05) is 12.1 Å². The highest BCUT2D eigenvalue weighted by Crippen LogP contribution is 2.34. The van der Waals surface area contributed by atoms with Gasteiger partial charge in [0.15, 0.2) is 5.13 Å². The summed E-state index contributed by atoms with van der Waals surface area (Å²) in [6.07, 6.45) is 0. The fourth-order valence-corrected chi connectivity index (χ4v) is 4.62. The zero-order valence-electron chi connectivity index (χ0n) is 16.8. The van der Waals surface area contributed by atoms with Gasteiger partial charge in [0.25, 0.3) is 11.6 Å². The van der Waals surface area contributed by atoms with Gasteiger partial charge in [-0.15, -0.1) is 0 Å². The molecule has 31 heavy (non-hydrogen) atoms. The molecule has 1 aromatic heterocycles. The molecule has 6 nitrogen and oxygen atoms in total. The van der Waals surface area contributed by atoms with Crippen LogP contribution in [-0.4, -0.2) is 15.8 Å². The zero-order valence-corrected chi connectivity index (χ0v) is 18.4. The summed E-state index contributed by atoms with van der Waals surface area (Å²) in [6.45, 7) is 4.27. The lowest BCUT2D eigenvalue weighted by atomic mass is 10.1. The van der Waals surface area contributed by atoms with Gasteiger partial charge in [-0.3, -0.25) is 19.8 Å². The van der Waals surface area contributed by atoms with Gasteiger partial charge in [-0.25, -0.2) is 4.98 Å². The topological polar surface area (TPSA) is 76.3 Å². The number of hydrogen-bond acceptors (Lipinski definition) is 5. The Morgan fingerprint density at radius 3 is 2.58 bits per heavy atom. The quantitative estimate of drug-likeness (QED) is 0.262. The van der Waals surface area contributed by atoms with Crippen LogP contribution in [0.15, 0.2) is 60.7 Å². The van der Waals surface area contributed by atoms with Crippen LogP contribution in [0.2, 0.25) is 5.02 Å². The molecule has 8 heteroatoms. The van der Waals surface area contributed by atoms with E-state index in [1.54, 1.807) is 0 Å². The van der Waals surface area contributed by atoms with Crippen LogP contribution >= 0.6 is 22.9 Å². The summed E-state index contributed by atoms with van der Waals surface area (Å²) >= 11 is 7.68. The minimum atomic E-state index is -0.543. The summed E-state index contributed by atoms with van der Waals surface area (Å²) in [5.41, 5.74) is 3.77. The number of carbonyl (C=O) groups is 1. The Morgan fingerprint density at radius 2 is 1.87 bits per heavy atom. The molecule has 156 valence electrons. The number of hydrogen-bond donors (Lipinski definition) is 0. The van der Waals surface area contributed by atoms with Crippen LogP contribution in [0.3, 0.4) is 0 Å². The van der Waals surface area contributed by atoms with Crippen molar-refractivity contribution in [2.24, 2.45) is 0 Å². The molecule has 4 rings (SSSR count). The van der Waals surface area contributed by atoms with E-state index < -0.39 is 10.8 Å². The molecule has 0 aliphatic carbocycles. The normalized spacial score (nSPS) is 10.9. The Hall–Kier alpha value is -3.29. The van der Waals surface area contributed by atoms with Crippen LogP contribution in [0.5, 0.6) is 0 Å². The van der Waals surface area contributed by atoms with Gasteiger partial charge >= 0.3 is 0 Å². The summed E-state index contributed by atoms with van der Waals surface area (Å²) in [4.78, 5) is 30.5. The summed E-state index contributed by atoms with van der Waals surface area (Å²) in [7, 11) is 0. The smallest absolute Gasteiger partial charge is 0.270 e. The van der Waals surface area contributed by atoms with Crippen molar-refractivity contribution in [3.8, 4) is 0 Å². The number of aromatic nitrogens is 1. The Morgan fingerprint density at radius 1 is 1.13 bits per heavy atom. The Labute approximate surface area is 187 Å². The molecule has 0 bridgehead atoms. The molecular weight excluding hydrogens is 434 g/mol. The molecule has 3 aromatic carbocycles. The maximum atomic E-state index is 13.6. The van der Waals surface area contributed by atoms with Gasteiger partial charge in [-0.05, 0) is 42.7 Å². The van der Waals surface area contributed by atoms with E-state index >= 15 is 0 Å². The first-order chi connectivity index (χ1) is 14.8. The molecule has 0 unspecified atom stereocenters. The molecule has 0 atom stereocenters. The number of nitro groups is 1. The second-order valence-electron chi connectivity index (χ2n) is 7.22. The monoisotopic (exact) mass is 451 g/mol. The number of rotatable bonds is 5. The first kappa shape index (κ1) is 21.0. The van der Waals surface area contributed by atoms with E-state index in [-0.39, 0.29) is 22.8 Å². The standard InChI is InChI=1S/C23H18ClN3O3S/c1-14-10-15(2)21-20(11-14)25-23(31-21)26(13-16-6-4-3-5-7-16)22(28)18-12-17(27(29)30)8-9-19(18)24/h3-12H,13H2,1-2H3. The SMILES string of the molecule is Cc1cc(C)c2sc(N(Cc3ccccc3)C(=O)c3cc([N+](=O)[O-])ccc3Cl)nc2c1. The predicted octanol–water partition coefficient (Wildman–Crippen LogP) is 6.32. The van der Waals surface area contributed by atoms with Crippen molar-refractivity contribution in [3.63, 3.8) is 0 Å². The zero-order chi connectivity index (χ0) is 22.1. The summed E-state index contributed by atoms with van der Waals surface area (Å²) in [6, 6.07) is 17.4. The predicted molar refractivity (Wildman–Crippen MR) is 124 cm³/mol. The molecular formula is C23H18ClN3O3S. The lowest BCUT2D eigenvalue weighted by Crippen LogP contribution is -2.30. The second kappa shape index (κ2) is 8.45. The van der Waals surface area contributed by atoms with Crippen molar-refractivity contribution in [2.45, 2.75) is 20.4 Å². The molecule has 0 radical (unpaired) electrons. The van der Waals surface area contributed by atoms with Crippen molar-refractivity contribution in [1.82, 2.24) is 4.98 Å². The minimum absolute atomic E-state index is 0.0685. The van der Waals surface area contributed by atoms with E-state index in [2.05, 4.69) is 6.07 Å². The number of fused-ring (bicyclic) bond motifs is 1. The van der Waals surface area contributed by atoms with E-state index in [0.29, 0.717) is 5.13 Å². The maximum absolute atomic E-state index is 13.6. The molecule has 0 fully saturated rings. The largest absolute Gasteiger partial charge is 0.279 e. The van der Waals surface area contributed by atoms with Crippen molar-refractivity contribution < 1.29 is 9.72 Å². The highest BCUT2D eigenvalue weighted by Gasteiger charge is 2.25. The summed E-state index contributed by atoms with van der Waals surface area (Å²) in [5.74, 6) is -0.439. The molecule has 0 saturated heterocycles. The van der Waals surface area contributed by atoms with Gasteiger partial charge in [0.2, 0.25) is 0 Å². The van der Waals surface area contributed by atoms with E-state index in [1.165, 1.54) is 34.4 Å². The molecule has 0 N–H and O–H groups in total. The molecule has 0 aliphatic rings. The second-order valence-corrected chi connectivity index (χ2v) is 8.61. The highest BCUT2D eigenvalue weighted by atomic mass is 35.5. The Kier molecular flexibility index (Phi) is 5.71. The van der Waals surface area contributed by atoms with Crippen LogP contribution in [0.1, 0.15) is 27.0 Å². The van der Waals surface area contributed by atoms with Crippen molar-refractivity contribution >= 4 is 49.9 Å². The van der Waals surface area contributed by atoms with Crippen LogP contribution < -0.4 is 4.90 Å². The fourth-order valence-electron chi connectivity index (χ4n) is 3.41. The van der Waals surface area contributed by atoms with E-state index in [0.717, 1.165) is 26.9 Å². The van der Waals surface area contributed by atoms with E-state index in [4.69, 9.17) is 16.6 Å². The number of amides is 1. The third kappa shape index (κ3) is 4.28. The first-order valence-corrected chi connectivity index (χ1v) is 10.7. The van der Waals surface area contributed by atoms with Crippen LogP contribution in [0.4, 0.5) is 10.8 Å². The highest BCUT2D eigenvalue weighted by molar-refractivity contribution is 7.22. The van der Waals surface area contributed by atoms with Crippen molar-refractivity contribution in [1.29, 1.82) is 0 Å². The molecule has 4 aromatic rings. The Bertz CT molecular complexity index is 1300. The van der Waals surface area contributed by atoms with Gasteiger partial charge in [0.1, 0.15) is 0 Å². The lowest BCUT2D eigenvalue weighted by molar-refractivity contribution is -0.384. The van der Waals surface area contributed by atoms with E-state index in [1.807, 2.05) is 50.2 Å². The van der Waals surface area contributed by atoms with Crippen LogP contribution in [0.25, 0.3) is 10.2 Å². The molecule has 1 heterocycles. The van der Waals surface area contributed by atoms with Crippen molar-refractivity contribution in [3.05, 3.63) is 98.1 Å². The van der Waals surface area contributed by atoms with E-state index in [9.17, 15) is 14.9 Å². The average molecular weight is 452 g/mol.